The first-order chi connectivity index (χ1) is 11.5. The monoisotopic (exact) mass is 326 g/mol. The standard InChI is InChI=1S/C19H22N2O3/c1-13-5-4-6-16(12-13)24-10-9-18(22)20-21-19(23)17-8-7-14(2)11-15(17)3/h4-8,11-12H,9-10H2,1-3H3,(H,20,22)(H,21,23). The molecule has 0 heterocycles. The average molecular weight is 326 g/mol. The van der Waals surface area contributed by atoms with E-state index in [0.717, 1.165) is 22.4 Å². The van der Waals surface area contributed by atoms with Crippen molar-refractivity contribution in [3.63, 3.8) is 0 Å². The molecule has 0 aliphatic carbocycles. The molecule has 0 atom stereocenters. The largest absolute Gasteiger partial charge is 0.493 e. The topological polar surface area (TPSA) is 67.4 Å². The molecule has 5 nitrogen and oxygen atoms in total. The van der Waals surface area contributed by atoms with Crippen molar-refractivity contribution in [2.75, 3.05) is 6.61 Å². The van der Waals surface area contributed by atoms with E-state index in [0.29, 0.717) is 5.56 Å². The molecule has 0 aromatic heterocycles. The minimum Gasteiger partial charge on any atom is -0.493 e. The number of benzene rings is 2. The molecule has 0 aliphatic rings. The molecule has 2 N–H and O–H groups in total. The van der Waals surface area contributed by atoms with Crippen molar-refractivity contribution in [3.8, 4) is 5.75 Å². The number of hydrazine groups is 1. The third-order valence-electron chi connectivity index (χ3n) is 3.53. The fraction of sp³-hybridized carbons (Fsp3) is 0.263. The summed E-state index contributed by atoms with van der Waals surface area (Å²) in [5.74, 6) is 0.0864. The van der Waals surface area contributed by atoms with Crippen molar-refractivity contribution in [2.45, 2.75) is 27.2 Å². The van der Waals surface area contributed by atoms with E-state index in [1.165, 1.54) is 0 Å². The highest BCUT2D eigenvalue weighted by Crippen LogP contribution is 2.12. The second kappa shape index (κ2) is 8.15. The van der Waals surface area contributed by atoms with Crippen LogP contribution in [0.1, 0.15) is 33.5 Å². The summed E-state index contributed by atoms with van der Waals surface area (Å²) < 4.78 is 5.51. The van der Waals surface area contributed by atoms with E-state index in [1.807, 2.05) is 57.2 Å². The summed E-state index contributed by atoms with van der Waals surface area (Å²) >= 11 is 0. The van der Waals surface area contributed by atoms with E-state index >= 15 is 0 Å². The van der Waals surface area contributed by atoms with Crippen LogP contribution in [0.5, 0.6) is 5.75 Å². The van der Waals surface area contributed by atoms with Crippen LogP contribution in [-0.2, 0) is 4.79 Å². The van der Waals surface area contributed by atoms with Crippen molar-refractivity contribution in [1.29, 1.82) is 0 Å². The Hall–Kier alpha value is -2.82. The van der Waals surface area contributed by atoms with Crippen molar-refractivity contribution < 1.29 is 14.3 Å². The summed E-state index contributed by atoms with van der Waals surface area (Å²) in [5, 5.41) is 0. The first-order valence-corrected chi connectivity index (χ1v) is 7.81. The van der Waals surface area contributed by atoms with Gasteiger partial charge in [-0.15, -0.1) is 0 Å². The predicted octanol–water partition coefficient (Wildman–Crippen LogP) is 2.84. The lowest BCUT2D eigenvalue weighted by atomic mass is 10.1. The first-order valence-electron chi connectivity index (χ1n) is 7.81. The highest BCUT2D eigenvalue weighted by atomic mass is 16.5. The minimum atomic E-state index is -0.333. The minimum absolute atomic E-state index is 0.154. The summed E-state index contributed by atoms with van der Waals surface area (Å²) in [6.07, 6.45) is 0.154. The predicted molar refractivity (Wildman–Crippen MR) is 92.8 cm³/mol. The Labute approximate surface area is 142 Å². The highest BCUT2D eigenvalue weighted by Gasteiger charge is 2.10. The van der Waals surface area contributed by atoms with Gasteiger partial charge in [0.15, 0.2) is 0 Å². The number of carbonyl (C=O) groups is 2. The van der Waals surface area contributed by atoms with E-state index in [9.17, 15) is 9.59 Å². The molecule has 0 aliphatic heterocycles. The van der Waals surface area contributed by atoms with Gasteiger partial charge in [0.25, 0.3) is 5.91 Å². The summed E-state index contributed by atoms with van der Waals surface area (Å²) in [6, 6.07) is 13.1. The SMILES string of the molecule is Cc1cccc(OCCC(=O)NNC(=O)c2ccc(C)cc2C)c1. The molecular formula is C19H22N2O3. The van der Waals surface area contributed by atoms with Crippen LogP contribution in [0.25, 0.3) is 0 Å². The Morgan fingerprint density at radius 1 is 0.958 bits per heavy atom. The number of nitrogens with one attached hydrogen (secondary N) is 2. The van der Waals surface area contributed by atoms with E-state index in [-0.39, 0.29) is 24.8 Å². The molecule has 5 heteroatoms. The van der Waals surface area contributed by atoms with Gasteiger partial charge in [-0.25, -0.2) is 0 Å². The Bertz CT molecular complexity index is 741. The zero-order chi connectivity index (χ0) is 17.5. The van der Waals surface area contributed by atoms with Crippen molar-refractivity contribution in [2.24, 2.45) is 0 Å². The van der Waals surface area contributed by atoms with Gasteiger partial charge in [0.2, 0.25) is 5.91 Å². The average Bonchev–Trinajstić information content (AvgIpc) is 2.53. The maximum Gasteiger partial charge on any atom is 0.269 e. The van der Waals surface area contributed by atoms with E-state index < -0.39 is 0 Å². The molecule has 0 spiro atoms. The smallest absolute Gasteiger partial charge is 0.269 e. The molecule has 0 unspecified atom stereocenters. The number of hydrogen-bond donors (Lipinski definition) is 2. The molecule has 2 amide bonds. The number of aryl methyl sites for hydroxylation is 3. The lowest BCUT2D eigenvalue weighted by molar-refractivity contribution is -0.122. The Morgan fingerprint density at radius 2 is 1.71 bits per heavy atom. The summed E-state index contributed by atoms with van der Waals surface area (Å²) in [5.41, 5.74) is 8.41. The van der Waals surface area contributed by atoms with Gasteiger partial charge in [0.05, 0.1) is 13.0 Å². The Morgan fingerprint density at radius 3 is 2.42 bits per heavy atom. The van der Waals surface area contributed by atoms with E-state index in [1.54, 1.807) is 6.07 Å². The molecule has 0 saturated carbocycles. The van der Waals surface area contributed by atoms with E-state index in [4.69, 9.17) is 4.74 Å². The van der Waals surface area contributed by atoms with E-state index in [2.05, 4.69) is 10.9 Å². The van der Waals surface area contributed by atoms with Crippen LogP contribution >= 0.6 is 0 Å². The van der Waals surface area contributed by atoms with Crippen LogP contribution in [0.2, 0.25) is 0 Å². The third kappa shape index (κ3) is 5.12. The van der Waals surface area contributed by atoms with Gasteiger partial charge in [-0.3, -0.25) is 20.4 Å². The second-order valence-corrected chi connectivity index (χ2v) is 5.74. The van der Waals surface area contributed by atoms with Gasteiger partial charge in [-0.05, 0) is 50.1 Å². The molecular weight excluding hydrogens is 304 g/mol. The lowest BCUT2D eigenvalue weighted by Gasteiger charge is -2.10. The van der Waals surface area contributed by atoms with Crippen LogP contribution < -0.4 is 15.6 Å². The molecule has 24 heavy (non-hydrogen) atoms. The zero-order valence-electron chi connectivity index (χ0n) is 14.2. The highest BCUT2D eigenvalue weighted by molar-refractivity contribution is 5.96. The Kier molecular flexibility index (Phi) is 5.95. The fourth-order valence-electron chi connectivity index (χ4n) is 2.29. The molecule has 0 bridgehead atoms. The maximum absolute atomic E-state index is 12.1. The summed E-state index contributed by atoms with van der Waals surface area (Å²) in [7, 11) is 0. The summed E-state index contributed by atoms with van der Waals surface area (Å²) in [6.45, 7) is 6.04. The third-order valence-corrected chi connectivity index (χ3v) is 3.53. The van der Waals surface area contributed by atoms with Crippen LogP contribution in [0.4, 0.5) is 0 Å². The van der Waals surface area contributed by atoms with Gasteiger partial charge in [0.1, 0.15) is 5.75 Å². The van der Waals surface area contributed by atoms with Crippen LogP contribution in [-0.4, -0.2) is 18.4 Å². The zero-order valence-corrected chi connectivity index (χ0v) is 14.2. The summed E-state index contributed by atoms with van der Waals surface area (Å²) in [4.78, 5) is 23.8. The lowest BCUT2D eigenvalue weighted by Crippen LogP contribution is -2.42. The van der Waals surface area contributed by atoms with Gasteiger partial charge in [0, 0.05) is 5.56 Å². The molecule has 2 aromatic rings. The van der Waals surface area contributed by atoms with Crippen LogP contribution in [0.3, 0.4) is 0 Å². The number of ether oxygens (including phenoxy) is 1. The fourth-order valence-corrected chi connectivity index (χ4v) is 2.29. The molecule has 0 radical (unpaired) electrons. The van der Waals surface area contributed by atoms with Crippen molar-refractivity contribution in [1.82, 2.24) is 10.9 Å². The number of amides is 2. The van der Waals surface area contributed by atoms with Crippen molar-refractivity contribution in [3.05, 3.63) is 64.7 Å². The van der Waals surface area contributed by atoms with Crippen LogP contribution in [0.15, 0.2) is 42.5 Å². The van der Waals surface area contributed by atoms with Gasteiger partial charge in [-0.2, -0.15) is 0 Å². The number of rotatable bonds is 5. The maximum atomic E-state index is 12.1. The number of carbonyl (C=O) groups excluding carboxylic acids is 2. The van der Waals surface area contributed by atoms with Gasteiger partial charge < -0.3 is 4.74 Å². The van der Waals surface area contributed by atoms with Gasteiger partial charge >= 0.3 is 0 Å². The molecule has 0 fully saturated rings. The normalized spacial score (nSPS) is 10.1. The molecule has 2 rings (SSSR count). The molecule has 126 valence electrons. The van der Waals surface area contributed by atoms with Crippen molar-refractivity contribution >= 4 is 11.8 Å². The quantitative estimate of drug-likeness (QED) is 0.830. The molecule has 0 saturated heterocycles. The van der Waals surface area contributed by atoms with Gasteiger partial charge in [-0.1, -0.05) is 29.8 Å². The first kappa shape index (κ1) is 17.5. The van der Waals surface area contributed by atoms with Crippen LogP contribution in [0, 0.1) is 20.8 Å². The second-order valence-electron chi connectivity index (χ2n) is 5.74. The molecule has 2 aromatic carbocycles. The Balaban J connectivity index is 1.75. The number of hydrogen-bond acceptors (Lipinski definition) is 3.